The Balaban J connectivity index is 2.05. The molecule has 1 atom stereocenters. The van der Waals surface area contributed by atoms with E-state index in [4.69, 9.17) is 5.84 Å². The van der Waals surface area contributed by atoms with E-state index in [0.717, 1.165) is 18.5 Å². The Morgan fingerprint density at radius 3 is 2.75 bits per heavy atom. The van der Waals surface area contributed by atoms with Crippen LogP contribution in [0, 0.1) is 0 Å². The first-order chi connectivity index (χ1) is 9.65. The van der Waals surface area contributed by atoms with E-state index in [1.54, 1.807) is 12.1 Å². The molecule has 1 unspecified atom stereocenters. The largest absolute Gasteiger partial charge is 0.353 e. The fraction of sp³-hybridized carbons (Fsp3) is 0.429. The zero-order valence-corrected chi connectivity index (χ0v) is 11.6. The average Bonchev–Trinajstić information content (AvgIpc) is 2.47. The summed E-state index contributed by atoms with van der Waals surface area (Å²) in [6.45, 7) is 4.24. The van der Waals surface area contributed by atoms with Crippen LogP contribution in [0.5, 0.6) is 0 Å². The molecule has 0 aromatic heterocycles. The summed E-state index contributed by atoms with van der Waals surface area (Å²) in [6, 6.07) is 7.19. The third-order valence-corrected chi connectivity index (χ3v) is 3.56. The third kappa shape index (κ3) is 3.15. The summed E-state index contributed by atoms with van der Waals surface area (Å²) in [4.78, 5) is 25.3. The van der Waals surface area contributed by atoms with E-state index in [9.17, 15) is 9.59 Å². The number of carbonyl (C=O) groups is 2. The highest BCUT2D eigenvalue weighted by Gasteiger charge is 2.27. The first-order valence-corrected chi connectivity index (χ1v) is 6.77. The van der Waals surface area contributed by atoms with Gasteiger partial charge in [-0.1, -0.05) is 19.1 Å². The molecule has 1 fully saturated rings. The molecule has 4 N–H and O–H groups in total. The van der Waals surface area contributed by atoms with Crippen LogP contribution in [-0.2, 0) is 11.3 Å². The van der Waals surface area contributed by atoms with Crippen molar-refractivity contribution >= 4 is 11.8 Å². The Morgan fingerprint density at radius 1 is 1.45 bits per heavy atom. The molecule has 0 aliphatic carbocycles. The van der Waals surface area contributed by atoms with Gasteiger partial charge in [0.1, 0.15) is 0 Å². The average molecular weight is 276 g/mol. The molecule has 0 spiro atoms. The Bertz CT molecular complexity index is 486. The van der Waals surface area contributed by atoms with Gasteiger partial charge in [-0.3, -0.25) is 19.9 Å². The second-order valence-electron chi connectivity index (χ2n) is 4.86. The van der Waals surface area contributed by atoms with Crippen LogP contribution in [0.25, 0.3) is 0 Å². The molecule has 1 saturated heterocycles. The van der Waals surface area contributed by atoms with Gasteiger partial charge in [0.2, 0.25) is 5.91 Å². The minimum atomic E-state index is -0.305. The standard InChI is InChI=1S/C14H20N4O2/c1-2-12-14(20)16-7-8-18(12)9-10-3-5-11(6-4-10)13(19)17-15/h3-6,12H,2,7-9,15H2,1H3,(H,16,20)(H,17,19). The number of amides is 2. The van der Waals surface area contributed by atoms with Gasteiger partial charge in [-0.25, -0.2) is 5.84 Å². The van der Waals surface area contributed by atoms with Crippen molar-refractivity contribution in [3.63, 3.8) is 0 Å². The quantitative estimate of drug-likeness (QED) is 0.410. The van der Waals surface area contributed by atoms with Crippen LogP contribution < -0.4 is 16.6 Å². The molecule has 0 radical (unpaired) electrons. The number of nitrogens with two attached hydrogens (primary N) is 1. The topological polar surface area (TPSA) is 87.5 Å². The third-order valence-electron chi connectivity index (χ3n) is 3.56. The highest BCUT2D eigenvalue weighted by Crippen LogP contribution is 2.14. The van der Waals surface area contributed by atoms with Crippen LogP contribution in [0.3, 0.4) is 0 Å². The zero-order chi connectivity index (χ0) is 14.5. The monoisotopic (exact) mass is 276 g/mol. The number of hydrogen-bond acceptors (Lipinski definition) is 4. The SMILES string of the molecule is CCC1C(=O)NCCN1Cc1ccc(C(=O)NN)cc1. The maximum absolute atomic E-state index is 11.8. The zero-order valence-electron chi connectivity index (χ0n) is 11.6. The molecule has 0 saturated carbocycles. The molecule has 0 bridgehead atoms. The van der Waals surface area contributed by atoms with Crippen molar-refractivity contribution in [1.29, 1.82) is 0 Å². The smallest absolute Gasteiger partial charge is 0.265 e. The van der Waals surface area contributed by atoms with Crippen LogP contribution in [0.4, 0.5) is 0 Å². The van der Waals surface area contributed by atoms with E-state index in [1.165, 1.54) is 0 Å². The second-order valence-corrected chi connectivity index (χ2v) is 4.86. The maximum atomic E-state index is 11.8. The summed E-state index contributed by atoms with van der Waals surface area (Å²) in [5.41, 5.74) is 3.70. The Labute approximate surface area is 118 Å². The van der Waals surface area contributed by atoms with Crippen molar-refractivity contribution < 1.29 is 9.59 Å². The summed E-state index contributed by atoms with van der Waals surface area (Å²) < 4.78 is 0. The Hall–Kier alpha value is -1.92. The minimum absolute atomic E-state index is 0.0734. The molecule has 1 aliphatic heterocycles. The van der Waals surface area contributed by atoms with E-state index in [0.29, 0.717) is 18.7 Å². The number of piperazine rings is 1. The number of rotatable bonds is 4. The maximum Gasteiger partial charge on any atom is 0.265 e. The van der Waals surface area contributed by atoms with Gasteiger partial charge >= 0.3 is 0 Å². The van der Waals surface area contributed by atoms with Gasteiger partial charge < -0.3 is 5.32 Å². The van der Waals surface area contributed by atoms with E-state index in [1.807, 2.05) is 19.1 Å². The summed E-state index contributed by atoms with van der Waals surface area (Å²) in [5.74, 6) is 4.88. The lowest BCUT2D eigenvalue weighted by Gasteiger charge is -2.34. The van der Waals surface area contributed by atoms with Crippen molar-refractivity contribution in [2.75, 3.05) is 13.1 Å². The molecule has 2 rings (SSSR count). The summed E-state index contributed by atoms with van der Waals surface area (Å²) >= 11 is 0. The van der Waals surface area contributed by atoms with Crippen LogP contribution >= 0.6 is 0 Å². The van der Waals surface area contributed by atoms with Crippen LogP contribution in [-0.4, -0.2) is 35.8 Å². The number of hydrazine groups is 1. The van der Waals surface area contributed by atoms with Gasteiger partial charge in [-0.2, -0.15) is 0 Å². The second kappa shape index (κ2) is 6.49. The lowest BCUT2D eigenvalue weighted by atomic mass is 10.1. The molecule has 20 heavy (non-hydrogen) atoms. The number of hydrogen-bond donors (Lipinski definition) is 3. The van der Waals surface area contributed by atoms with Gasteiger partial charge in [-0.15, -0.1) is 0 Å². The van der Waals surface area contributed by atoms with E-state index in [-0.39, 0.29) is 17.9 Å². The molecule has 2 amide bonds. The first-order valence-electron chi connectivity index (χ1n) is 6.77. The van der Waals surface area contributed by atoms with Gasteiger partial charge in [0.15, 0.2) is 0 Å². The molecular formula is C14H20N4O2. The van der Waals surface area contributed by atoms with Gasteiger partial charge in [0.25, 0.3) is 5.91 Å². The summed E-state index contributed by atoms with van der Waals surface area (Å²) in [6.07, 6.45) is 0.791. The van der Waals surface area contributed by atoms with Gasteiger partial charge in [0, 0.05) is 25.2 Å². The van der Waals surface area contributed by atoms with Crippen molar-refractivity contribution in [2.45, 2.75) is 25.9 Å². The number of nitrogens with zero attached hydrogens (tertiary/aromatic N) is 1. The van der Waals surface area contributed by atoms with Crippen molar-refractivity contribution in [3.05, 3.63) is 35.4 Å². The molecule has 1 heterocycles. The molecule has 1 aromatic rings. The molecule has 1 aromatic carbocycles. The summed E-state index contributed by atoms with van der Waals surface area (Å²) in [7, 11) is 0. The lowest BCUT2D eigenvalue weighted by molar-refractivity contribution is -0.129. The van der Waals surface area contributed by atoms with Crippen molar-refractivity contribution in [1.82, 2.24) is 15.6 Å². The summed E-state index contributed by atoms with van der Waals surface area (Å²) in [5, 5.41) is 2.88. The molecule has 108 valence electrons. The van der Waals surface area contributed by atoms with E-state index < -0.39 is 0 Å². The number of nitrogens with one attached hydrogen (secondary N) is 2. The predicted molar refractivity (Wildman–Crippen MR) is 75.6 cm³/mol. The first kappa shape index (κ1) is 14.5. The minimum Gasteiger partial charge on any atom is -0.353 e. The van der Waals surface area contributed by atoms with Crippen molar-refractivity contribution in [3.8, 4) is 0 Å². The number of nitrogen functional groups attached to an aromatic ring is 1. The van der Waals surface area contributed by atoms with Gasteiger partial charge in [-0.05, 0) is 24.1 Å². The molecule has 1 aliphatic rings. The van der Waals surface area contributed by atoms with Gasteiger partial charge in [0.05, 0.1) is 6.04 Å². The highest BCUT2D eigenvalue weighted by atomic mass is 16.2. The normalized spacial score (nSPS) is 19.5. The molecule has 6 heteroatoms. The molecule has 6 nitrogen and oxygen atoms in total. The Kier molecular flexibility index (Phi) is 4.70. The highest BCUT2D eigenvalue weighted by molar-refractivity contribution is 5.93. The fourth-order valence-electron chi connectivity index (χ4n) is 2.47. The predicted octanol–water partition coefficient (Wildman–Crippen LogP) is 0.000500. The number of benzene rings is 1. The van der Waals surface area contributed by atoms with Crippen LogP contribution in [0.2, 0.25) is 0 Å². The fourth-order valence-corrected chi connectivity index (χ4v) is 2.47. The van der Waals surface area contributed by atoms with Crippen LogP contribution in [0.1, 0.15) is 29.3 Å². The van der Waals surface area contributed by atoms with Crippen LogP contribution in [0.15, 0.2) is 24.3 Å². The van der Waals surface area contributed by atoms with E-state index >= 15 is 0 Å². The Morgan fingerprint density at radius 2 is 2.15 bits per heavy atom. The number of carbonyl (C=O) groups excluding carboxylic acids is 2. The molecular weight excluding hydrogens is 256 g/mol. The lowest BCUT2D eigenvalue weighted by Crippen LogP contribution is -2.54. The van der Waals surface area contributed by atoms with Crippen molar-refractivity contribution in [2.24, 2.45) is 5.84 Å². The van der Waals surface area contributed by atoms with E-state index in [2.05, 4.69) is 15.6 Å².